The fourth-order valence-electron chi connectivity index (χ4n) is 2.86. The molecule has 2 aromatic carbocycles. The molecule has 0 aliphatic carbocycles. The van der Waals surface area contributed by atoms with Crippen molar-refractivity contribution in [1.82, 2.24) is 9.38 Å². The van der Waals surface area contributed by atoms with E-state index in [2.05, 4.69) is 4.98 Å². The molecule has 2 heterocycles. The minimum atomic E-state index is 0.0313. The van der Waals surface area contributed by atoms with E-state index < -0.39 is 0 Å². The van der Waals surface area contributed by atoms with Crippen molar-refractivity contribution in [2.45, 2.75) is 6.92 Å². The maximum Gasteiger partial charge on any atom is 0.260 e. The van der Waals surface area contributed by atoms with Crippen molar-refractivity contribution in [2.75, 3.05) is 0 Å². The number of pyridine rings is 1. The van der Waals surface area contributed by atoms with Crippen molar-refractivity contribution >= 4 is 16.7 Å². The maximum atomic E-state index is 12.7. The summed E-state index contributed by atoms with van der Waals surface area (Å²) in [5, 5.41) is 0. The number of para-hydroxylation sites is 2. The molecule has 2 aromatic heterocycles. The van der Waals surface area contributed by atoms with E-state index in [4.69, 9.17) is 0 Å². The summed E-state index contributed by atoms with van der Waals surface area (Å²) in [6.07, 6.45) is 0. The molecule has 0 aliphatic rings. The zero-order valence-electron chi connectivity index (χ0n) is 11.6. The first-order valence-corrected chi connectivity index (χ1v) is 6.94. The van der Waals surface area contributed by atoms with E-state index in [9.17, 15) is 4.79 Å². The Bertz CT molecular complexity index is 1010. The number of aromatic amines is 1. The van der Waals surface area contributed by atoms with E-state index in [1.807, 2.05) is 67.6 Å². The van der Waals surface area contributed by atoms with Gasteiger partial charge in [0.05, 0.1) is 11.0 Å². The number of nitrogens with zero attached hydrogens (tertiary/aromatic N) is 1. The number of hydrogen-bond acceptors (Lipinski definition) is 1. The van der Waals surface area contributed by atoms with Gasteiger partial charge >= 0.3 is 0 Å². The molecule has 4 rings (SSSR count). The third-order valence-corrected chi connectivity index (χ3v) is 3.94. The van der Waals surface area contributed by atoms with Gasteiger partial charge in [-0.25, -0.2) is 0 Å². The number of rotatable bonds is 1. The normalized spacial score (nSPS) is 11.3. The quantitative estimate of drug-likeness (QED) is 0.564. The zero-order chi connectivity index (χ0) is 14.4. The van der Waals surface area contributed by atoms with E-state index >= 15 is 0 Å². The molecular formula is C18H14N2O. The van der Waals surface area contributed by atoms with E-state index in [-0.39, 0.29) is 5.56 Å². The van der Waals surface area contributed by atoms with Crippen molar-refractivity contribution in [3.05, 3.63) is 76.6 Å². The van der Waals surface area contributed by atoms with Crippen molar-refractivity contribution < 1.29 is 0 Å². The standard InChI is InChI=1S/C18H14N2O/c1-12-14(13-7-3-2-4-8-13)11-17-19-15-9-5-6-10-16(15)20(17)18(12)21/h2-11,19H,1H3. The van der Waals surface area contributed by atoms with E-state index in [1.165, 1.54) is 0 Å². The van der Waals surface area contributed by atoms with Crippen LogP contribution in [0.5, 0.6) is 0 Å². The summed E-state index contributed by atoms with van der Waals surface area (Å²) >= 11 is 0. The molecule has 0 radical (unpaired) electrons. The van der Waals surface area contributed by atoms with Crippen LogP contribution in [0.3, 0.4) is 0 Å². The predicted molar refractivity (Wildman–Crippen MR) is 85.7 cm³/mol. The highest BCUT2D eigenvalue weighted by Gasteiger charge is 2.12. The first-order chi connectivity index (χ1) is 10.3. The van der Waals surface area contributed by atoms with E-state index in [0.29, 0.717) is 0 Å². The first kappa shape index (κ1) is 12.0. The third-order valence-electron chi connectivity index (χ3n) is 3.94. The number of benzene rings is 2. The molecule has 0 fully saturated rings. The van der Waals surface area contributed by atoms with Gasteiger partial charge < -0.3 is 4.98 Å². The molecule has 0 atom stereocenters. The van der Waals surface area contributed by atoms with Gasteiger partial charge in [-0.15, -0.1) is 0 Å². The van der Waals surface area contributed by atoms with Crippen molar-refractivity contribution in [1.29, 1.82) is 0 Å². The predicted octanol–water partition coefficient (Wildman–Crippen LogP) is 3.76. The molecule has 0 unspecified atom stereocenters. The smallest absolute Gasteiger partial charge is 0.260 e. The number of hydrogen-bond donors (Lipinski definition) is 1. The first-order valence-electron chi connectivity index (χ1n) is 6.94. The average molecular weight is 274 g/mol. The molecule has 0 saturated carbocycles. The number of fused-ring (bicyclic) bond motifs is 3. The van der Waals surface area contributed by atoms with Crippen molar-refractivity contribution in [2.24, 2.45) is 0 Å². The molecule has 4 aromatic rings. The largest absolute Gasteiger partial charge is 0.340 e. The second kappa shape index (κ2) is 4.35. The molecule has 1 N–H and O–H groups in total. The Hall–Kier alpha value is -2.81. The van der Waals surface area contributed by atoms with Crippen LogP contribution < -0.4 is 5.56 Å². The number of imidazole rings is 1. The summed E-state index contributed by atoms with van der Waals surface area (Å²) in [4.78, 5) is 16.1. The summed E-state index contributed by atoms with van der Waals surface area (Å²) in [5.41, 5.74) is 5.55. The average Bonchev–Trinajstić information content (AvgIpc) is 2.90. The van der Waals surface area contributed by atoms with Crippen molar-refractivity contribution in [3.8, 4) is 11.1 Å². The van der Waals surface area contributed by atoms with Crippen LogP contribution in [-0.4, -0.2) is 9.38 Å². The zero-order valence-corrected chi connectivity index (χ0v) is 11.6. The summed E-state index contributed by atoms with van der Waals surface area (Å²) in [7, 11) is 0. The van der Waals surface area contributed by atoms with Gasteiger partial charge in [0.2, 0.25) is 0 Å². The van der Waals surface area contributed by atoms with Gasteiger partial charge in [-0.1, -0.05) is 42.5 Å². The number of nitrogens with one attached hydrogen (secondary N) is 1. The van der Waals surface area contributed by atoms with Crippen LogP contribution in [0.1, 0.15) is 5.56 Å². The SMILES string of the molecule is Cc1c(-c2ccccc2)cc2[nH]c3ccccc3n2c1=O. The molecule has 102 valence electrons. The fourth-order valence-corrected chi connectivity index (χ4v) is 2.86. The lowest BCUT2D eigenvalue weighted by Crippen LogP contribution is -2.16. The third kappa shape index (κ3) is 1.71. The van der Waals surface area contributed by atoms with Gasteiger partial charge in [0.1, 0.15) is 5.65 Å². The summed E-state index contributed by atoms with van der Waals surface area (Å²) in [6.45, 7) is 1.89. The lowest BCUT2D eigenvalue weighted by molar-refractivity contribution is 1.12. The minimum absolute atomic E-state index is 0.0313. The molecule has 0 saturated heterocycles. The molecule has 0 amide bonds. The van der Waals surface area contributed by atoms with Crippen LogP contribution >= 0.6 is 0 Å². The van der Waals surface area contributed by atoms with Crippen LogP contribution in [-0.2, 0) is 0 Å². The van der Waals surface area contributed by atoms with Gasteiger partial charge in [0.25, 0.3) is 5.56 Å². The van der Waals surface area contributed by atoms with Crippen molar-refractivity contribution in [3.63, 3.8) is 0 Å². The molecule has 3 heteroatoms. The Kier molecular flexibility index (Phi) is 2.48. The van der Waals surface area contributed by atoms with Crippen LogP contribution in [0.2, 0.25) is 0 Å². The van der Waals surface area contributed by atoms with Crippen LogP contribution in [0.25, 0.3) is 27.8 Å². The molecule has 0 bridgehead atoms. The molecule has 0 aliphatic heterocycles. The highest BCUT2D eigenvalue weighted by atomic mass is 16.1. The monoisotopic (exact) mass is 274 g/mol. The Morgan fingerprint density at radius 2 is 1.67 bits per heavy atom. The highest BCUT2D eigenvalue weighted by molar-refractivity contribution is 5.82. The van der Waals surface area contributed by atoms with Gasteiger partial charge in [0, 0.05) is 5.56 Å². The van der Waals surface area contributed by atoms with Gasteiger partial charge in [-0.05, 0) is 36.2 Å². The summed E-state index contributed by atoms with van der Waals surface area (Å²) in [5.74, 6) is 0. The molecule has 21 heavy (non-hydrogen) atoms. The van der Waals surface area contributed by atoms with E-state index in [1.54, 1.807) is 4.40 Å². The summed E-state index contributed by atoms with van der Waals surface area (Å²) < 4.78 is 1.75. The van der Waals surface area contributed by atoms with Gasteiger partial charge in [-0.2, -0.15) is 0 Å². The Labute approximate surface area is 121 Å². The maximum absolute atomic E-state index is 12.7. The van der Waals surface area contributed by atoms with E-state index in [0.717, 1.165) is 33.4 Å². The van der Waals surface area contributed by atoms with Crippen LogP contribution in [0.4, 0.5) is 0 Å². The lowest BCUT2D eigenvalue weighted by atomic mass is 10.0. The number of aromatic nitrogens is 2. The molecule has 3 nitrogen and oxygen atoms in total. The Morgan fingerprint density at radius 1 is 0.952 bits per heavy atom. The molecule has 0 spiro atoms. The Morgan fingerprint density at radius 3 is 2.48 bits per heavy atom. The van der Waals surface area contributed by atoms with Crippen LogP contribution in [0, 0.1) is 6.92 Å². The van der Waals surface area contributed by atoms with Gasteiger partial charge in [0.15, 0.2) is 0 Å². The molecular weight excluding hydrogens is 260 g/mol. The Balaban J connectivity index is 2.15. The van der Waals surface area contributed by atoms with Gasteiger partial charge in [-0.3, -0.25) is 9.20 Å². The van der Waals surface area contributed by atoms with Crippen LogP contribution in [0.15, 0.2) is 65.5 Å². The lowest BCUT2D eigenvalue weighted by Gasteiger charge is -2.06. The minimum Gasteiger partial charge on any atom is -0.340 e. The highest BCUT2D eigenvalue weighted by Crippen LogP contribution is 2.24. The number of H-pyrrole nitrogens is 1. The summed E-state index contributed by atoms with van der Waals surface area (Å²) in [6, 6.07) is 19.9. The topological polar surface area (TPSA) is 37.3 Å². The second-order valence-corrected chi connectivity index (χ2v) is 5.22. The fraction of sp³-hybridized carbons (Fsp3) is 0.0556. The second-order valence-electron chi connectivity index (χ2n) is 5.22.